The molecule has 1 N–H and O–H groups in total. The van der Waals surface area contributed by atoms with Gasteiger partial charge in [0.15, 0.2) is 0 Å². The molecule has 0 saturated carbocycles. The minimum absolute atomic E-state index is 0.718. The average Bonchev–Trinajstić information content (AvgIpc) is 2.46. The minimum atomic E-state index is 0.718. The number of methoxy groups -OCH3 is 1. The highest BCUT2D eigenvalue weighted by Gasteiger charge is 1.99. The van der Waals surface area contributed by atoms with E-state index in [0.29, 0.717) is 0 Å². The van der Waals surface area contributed by atoms with E-state index in [1.807, 2.05) is 49.4 Å². The molecule has 0 heterocycles. The van der Waals surface area contributed by atoms with E-state index in [0.717, 1.165) is 29.1 Å². The molecule has 0 aliphatic heterocycles. The molecule has 0 radical (unpaired) electrons. The van der Waals surface area contributed by atoms with E-state index in [1.54, 1.807) is 7.11 Å². The largest absolute Gasteiger partial charge is 0.497 e. The Kier molecular flexibility index (Phi) is 4.04. The molecule has 0 aromatic heterocycles. The smallest absolute Gasteiger partial charge is 0.118 e. The normalized spacial score (nSPS) is 9.74. The monoisotopic (exact) mass is 252 g/mol. The van der Waals surface area contributed by atoms with Crippen molar-refractivity contribution in [1.82, 2.24) is 0 Å². The van der Waals surface area contributed by atoms with Crippen molar-refractivity contribution in [3.05, 3.63) is 59.2 Å². The van der Waals surface area contributed by atoms with Gasteiger partial charge in [0.25, 0.3) is 0 Å². The van der Waals surface area contributed by atoms with Crippen molar-refractivity contribution < 1.29 is 4.74 Å². The molecule has 0 aliphatic carbocycles. The number of hydrogen-bond acceptors (Lipinski definition) is 3. The molecular formula is C16H16N2O. The van der Waals surface area contributed by atoms with Gasteiger partial charge in [-0.15, -0.1) is 0 Å². The van der Waals surface area contributed by atoms with Gasteiger partial charge >= 0.3 is 0 Å². The Bertz CT molecular complexity index is 597. The first kappa shape index (κ1) is 13.0. The fourth-order valence-corrected chi connectivity index (χ4v) is 1.85. The van der Waals surface area contributed by atoms with E-state index >= 15 is 0 Å². The number of nitriles is 1. The third kappa shape index (κ3) is 3.26. The predicted molar refractivity (Wildman–Crippen MR) is 76.2 cm³/mol. The summed E-state index contributed by atoms with van der Waals surface area (Å²) >= 11 is 0. The number of nitrogens with one attached hydrogen (secondary N) is 1. The number of anilines is 1. The van der Waals surface area contributed by atoms with E-state index in [4.69, 9.17) is 10.00 Å². The van der Waals surface area contributed by atoms with Crippen LogP contribution in [0.4, 0.5) is 5.69 Å². The molecule has 0 aliphatic rings. The Labute approximate surface area is 113 Å². The molecule has 96 valence electrons. The van der Waals surface area contributed by atoms with Crippen LogP contribution in [-0.2, 0) is 6.54 Å². The summed E-state index contributed by atoms with van der Waals surface area (Å²) in [5.41, 5.74) is 3.91. The number of rotatable bonds is 4. The predicted octanol–water partition coefficient (Wildman–Crippen LogP) is 3.49. The maximum Gasteiger partial charge on any atom is 0.118 e. The second-order valence-electron chi connectivity index (χ2n) is 4.34. The Morgan fingerprint density at radius 2 is 1.89 bits per heavy atom. The summed E-state index contributed by atoms with van der Waals surface area (Å²) in [6.45, 7) is 2.69. The van der Waals surface area contributed by atoms with Crippen molar-refractivity contribution in [1.29, 1.82) is 5.26 Å². The first-order chi connectivity index (χ1) is 9.22. The molecule has 0 amide bonds. The van der Waals surface area contributed by atoms with Crippen LogP contribution in [0.15, 0.2) is 42.5 Å². The first-order valence-electron chi connectivity index (χ1n) is 6.10. The van der Waals surface area contributed by atoms with Gasteiger partial charge in [0.05, 0.1) is 18.7 Å². The van der Waals surface area contributed by atoms with Gasteiger partial charge in [-0.1, -0.05) is 12.1 Å². The Balaban J connectivity index is 2.02. The SMILES string of the molecule is COc1ccc(CNc2ccc(C#N)c(C)c2)cc1. The van der Waals surface area contributed by atoms with E-state index in [9.17, 15) is 0 Å². The standard InChI is InChI=1S/C16H16N2O/c1-12-9-15(6-5-14(12)10-17)18-11-13-3-7-16(19-2)8-4-13/h3-9,18H,11H2,1-2H3. The summed E-state index contributed by atoms with van der Waals surface area (Å²) in [4.78, 5) is 0. The van der Waals surface area contributed by atoms with Gasteiger partial charge in [-0.2, -0.15) is 5.26 Å². The summed E-state index contributed by atoms with van der Waals surface area (Å²) in [6.07, 6.45) is 0. The summed E-state index contributed by atoms with van der Waals surface area (Å²) in [5.74, 6) is 0.859. The van der Waals surface area contributed by atoms with Crippen molar-refractivity contribution in [2.24, 2.45) is 0 Å². The van der Waals surface area contributed by atoms with Gasteiger partial charge in [-0.3, -0.25) is 0 Å². The number of aryl methyl sites for hydroxylation is 1. The van der Waals surface area contributed by atoms with Gasteiger partial charge < -0.3 is 10.1 Å². The lowest BCUT2D eigenvalue weighted by atomic mass is 10.1. The highest BCUT2D eigenvalue weighted by molar-refractivity contribution is 5.51. The van der Waals surface area contributed by atoms with Gasteiger partial charge in [0.1, 0.15) is 5.75 Å². The average molecular weight is 252 g/mol. The lowest BCUT2D eigenvalue weighted by Crippen LogP contribution is -2.00. The van der Waals surface area contributed by atoms with Crippen LogP contribution in [0.2, 0.25) is 0 Å². The zero-order chi connectivity index (χ0) is 13.7. The lowest BCUT2D eigenvalue weighted by Gasteiger charge is -2.08. The third-order valence-corrected chi connectivity index (χ3v) is 3.00. The highest BCUT2D eigenvalue weighted by atomic mass is 16.5. The van der Waals surface area contributed by atoms with Gasteiger partial charge in [-0.25, -0.2) is 0 Å². The molecule has 3 nitrogen and oxygen atoms in total. The van der Waals surface area contributed by atoms with Gasteiger partial charge in [0.2, 0.25) is 0 Å². The van der Waals surface area contributed by atoms with Crippen LogP contribution in [0.3, 0.4) is 0 Å². The molecule has 0 spiro atoms. The number of nitrogens with zero attached hydrogens (tertiary/aromatic N) is 1. The van der Waals surface area contributed by atoms with Crippen molar-refractivity contribution in [2.75, 3.05) is 12.4 Å². The van der Waals surface area contributed by atoms with E-state index in [-0.39, 0.29) is 0 Å². The minimum Gasteiger partial charge on any atom is -0.497 e. The molecular weight excluding hydrogens is 236 g/mol. The Morgan fingerprint density at radius 3 is 2.47 bits per heavy atom. The number of hydrogen-bond donors (Lipinski definition) is 1. The van der Waals surface area contributed by atoms with Crippen molar-refractivity contribution >= 4 is 5.69 Å². The second kappa shape index (κ2) is 5.92. The number of benzene rings is 2. The summed E-state index contributed by atoms with van der Waals surface area (Å²) in [5, 5.41) is 12.2. The van der Waals surface area contributed by atoms with E-state index < -0.39 is 0 Å². The fourth-order valence-electron chi connectivity index (χ4n) is 1.85. The molecule has 2 rings (SSSR count). The van der Waals surface area contributed by atoms with Crippen LogP contribution >= 0.6 is 0 Å². The molecule has 0 fully saturated rings. The summed E-state index contributed by atoms with van der Waals surface area (Å²) in [6, 6.07) is 15.9. The molecule has 0 bridgehead atoms. The van der Waals surface area contributed by atoms with Crippen molar-refractivity contribution in [3.8, 4) is 11.8 Å². The van der Waals surface area contributed by atoms with Crippen molar-refractivity contribution in [3.63, 3.8) is 0 Å². The quantitative estimate of drug-likeness (QED) is 0.906. The fraction of sp³-hybridized carbons (Fsp3) is 0.188. The van der Waals surface area contributed by atoms with E-state index in [1.165, 1.54) is 5.56 Å². The van der Waals surface area contributed by atoms with Crippen LogP contribution in [0.5, 0.6) is 5.75 Å². The van der Waals surface area contributed by atoms with Crippen LogP contribution in [-0.4, -0.2) is 7.11 Å². The summed E-state index contributed by atoms with van der Waals surface area (Å²) < 4.78 is 5.12. The van der Waals surface area contributed by atoms with Gasteiger partial charge in [0, 0.05) is 12.2 Å². The molecule has 2 aromatic rings. The van der Waals surface area contributed by atoms with Crippen LogP contribution in [0.1, 0.15) is 16.7 Å². The van der Waals surface area contributed by atoms with Crippen LogP contribution < -0.4 is 10.1 Å². The van der Waals surface area contributed by atoms with E-state index in [2.05, 4.69) is 11.4 Å². The van der Waals surface area contributed by atoms with Crippen LogP contribution in [0, 0.1) is 18.3 Å². The molecule has 0 unspecified atom stereocenters. The highest BCUT2D eigenvalue weighted by Crippen LogP contribution is 2.16. The molecule has 0 atom stereocenters. The first-order valence-corrected chi connectivity index (χ1v) is 6.10. The number of ether oxygens (including phenoxy) is 1. The van der Waals surface area contributed by atoms with Crippen LogP contribution in [0.25, 0.3) is 0 Å². The second-order valence-corrected chi connectivity index (χ2v) is 4.34. The zero-order valence-electron chi connectivity index (χ0n) is 11.1. The van der Waals surface area contributed by atoms with Crippen molar-refractivity contribution in [2.45, 2.75) is 13.5 Å². The topological polar surface area (TPSA) is 45.0 Å². The molecule has 3 heteroatoms. The maximum absolute atomic E-state index is 8.88. The Hall–Kier alpha value is -2.47. The lowest BCUT2D eigenvalue weighted by molar-refractivity contribution is 0.414. The van der Waals surface area contributed by atoms with Gasteiger partial charge in [-0.05, 0) is 48.4 Å². The molecule has 19 heavy (non-hydrogen) atoms. The summed E-state index contributed by atoms with van der Waals surface area (Å²) in [7, 11) is 1.66. The zero-order valence-corrected chi connectivity index (χ0v) is 11.1. The Morgan fingerprint density at radius 1 is 1.16 bits per heavy atom. The molecule has 0 saturated heterocycles. The molecule has 2 aromatic carbocycles. The third-order valence-electron chi connectivity index (χ3n) is 3.00. The maximum atomic E-state index is 8.88.